The number of ether oxygens (including phenoxy) is 1. The molecule has 1 N–H and O–H groups in total. The van der Waals surface area contributed by atoms with Crippen molar-refractivity contribution in [2.75, 3.05) is 0 Å². The molecule has 0 radical (unpaired) electrons. The second-order valence-electron chi connectivity index (χ2n) is 5.32. The van der Waals surface area contributed by atoms with Crippen molar-refractivity contribution < 1.29 is 31.1 Å². The summed E-state index contributed by atoms with van der Waals surface area (Å²) < 4.78 is 65.0. The lowest BCUT2D eigenvalue weighted by atomic mass is 10.1. The molecule has 0 rings (SSSR count). The number of alkyl halides is 3. The average Bonchev–Trinajstić information content (AvgIpc) is 2.08. The van der Waals surface area contributed by atoms with Crippen LogP contribution in [0.4, 0.5) is 13.2 Å². The van der Waals surface area contributed by atoms with E-state index < -0.39 is 39.1 Å². The lowest BCUT2D eigenvalue weighted by Crippen LogP contribution is -2.50. The van der Waals surface area contributed by atoms with E-state index in [2.05, 4.69) is 0 Å². The minimum Gasteiger partial charge on any atom is -0.459 e. The topological polar surface area (TPSA) is 72.5 Å². The summed E-state index contributed by atoms with van der Waals surface area (Å²) in [6, 6.07) is -1.59. The van der Waals surface area contributed by atoms with Crippen LogP contribution in [0.15, 0.2) is 0 Å². The van der Waals surface area contributed by atoms with E-state index in [4.69, 9.17) is 4.74 Å². The number of rotatable bonds is 4. The smallest absolute Gasteiger partial charge is 0.459 e. The van der Waals surface area contributed by atoms with Gasteiger partial charge in [-0.2, -0.15) is 17.9 Å². The van der Waals surface area contributed by atoms with Crippen LogP contribution in [0.1, 0.15) is 34.6 Å². The van der Waals surface area contributed by atoms with Crippen molar-refractivity contribution in [3.8, 4) is 0 Å². The largest absolute Gasteiger partial charge is 0.511 e. The van der Waals surface area contributed by atoms with Crippen molar-refractivity contribution in [1.82, 2.24) is 4.72 Å². The summed E-state index contributed by atoms with van der Waals surface area (Å²) in [5, 5.41) is 0. The van der Waals surface area contributed by atoms with Gasteiger partial charge in [0.2, 0.25) is 0 Å². The van der Waals surface area contributed by atoms with Gasteiger partial charge in [0.05, 0.1) is 0 Å². The predicted molar refractivity (Wildman–Crippen MR) is 62.6 cm³/mol. The third-order valence-electron chi connectivity index (χ3n) is 1.91. The number of carbonyl (C=O) groups is 1. The monoisotopic (exact) mass is 305 g/mol. The second kappa shape index (κ2) is 5.66. The van der Waals surface area contributed by atoms with E-state index in [-0.39, 0.29) is 0 Å². The van der Waals surface area contributed by atoms with E-state index in [9.17, 15) is 26.4 Å². The zero-order valence-corrected chi connectivity index (χ0v) is 12.1. The number of carbonyl (C=O) groups excluding carboxylic acids is 1. The van der Waals surface area contributed by atoms with Gasteiger partial charge in [-0.05, 0) is 26.7 Å². The molecular formula is C10H18F3NO4S. The Labute approximate surface area is 110 Å². The molecule has 0 aromatic heterocycles. The zero-order chi connectivity index (χ0) is 15.6. The molecule has 0 saturated heterocycles. The maximum Gasteiger partial charge on any atom is 0.511 e. The van der Waals surface area contributed by atoms with Gasteiger partial charge < -0.3 is 4.74 Å². The molecule has 0 aromatic rings. The Kier molecular flexibility index (Phi) is 5.41. The molecule has 0 unspecified atom stereocenters. The summed E-state index contributed by atoms with van der Waals surface area (Å²) in [4.78, 5) is 11.7. The van der Waals surface area contributed by atoms with E-state index in [0.29, 0.717) is 0 Å². The van der Waals surface area contributed by atoms with Crippen LogP contribution in [0, 0.1) is 5.92 Å². The number of esters is 1. The third-order valence-corrected chi connectivity index (χ3v) is 3.09. The van der Waals surface area contributed by atoms with Gasteiger partial charge >= 0.3 is 21.5 Å². The van der Waals surface area contributed by atoms with Gasteiger partial charge in [0.1, 0.15) is 11.6 Å². The molecule has 0 bridgehead atoms. The fourth-order valence-corrected chi connectivity index (χ4v) is 1.89. The first-order valence-electron chi connectivity index (χ1n) is 5.49. The average molecular weight is 305 g/mol. The van der Waals surface area contributed by atoms with Crippen LogP contribution in [-0.4, -0.2) is 31.5 Å². The Morgan fingerprint density at radius 2 is 1.58 bits per heavy atom. The van der Waals surface area contributed by atoms with Gasteiger partial charge in [0, 0.05) is 0 Å². The molecule has 114 valence electrons. The Hall–Kier alpha value is -0.830. The highest BCUT2D eigenvalue weighted by atomic mass is 32.2. The lowest BCUT2D eigenvalue weighted by Gasteiger charge is -2.26. The maximum absolute atomic E-state index is 12.3. The van der Waals surface area contributed by atoms with Crippen LogP contribution in [-0.2, 0) is 19.6 Å². The summed E-state index contributed by atoms with van der Waals surface area (Å²) in [5.41, 5.74) is -6.39. The molecular weight excluding hydrogens is 287 g/mol. The van der Waals surface area contributed by atoms with Crippen molar-refractivity contribution in [3.05, 3.63) is 0 Å². The molecule has 0 heterocycles. The molecule has 0 amide bonds. The summed E-state index contributed by atoms with van der Waals surface area (Å²) in [6.07, 6.45) is 0. The summed E-state index contributed by atoms with van der Waals surface area (Å²) >= 11 is 0. The van der Waals surface area contributed by atoms with Gasteiger partial charge in [-0.3, -0.25) is 4.79 Å². The number of sulfonamides is 1. The van der Waals surface area contributed by atoms with Crippen LogP contribution >= 0.6 is 0 Å². The van der Waals surface area contributed by atoms with Gasteiger partial charge in [-0.1, -0.05) is 13.8 Å². The van der Waals surface area contributed by atoms with Gasteiger partial charge in [0.15, 0.2) is 0 Å². The fourth-order valence-electron chi connectivity index (χ4n) is 1.06. The molecule has 0 aliphatic heterocycles. The molecule has 19 heavy (non-hydrogen) atoms. The van der Waals surface area contributed by atoms with Crippen LogP contribution in [0.25, 0.3) is 0 Å². The van der Waals surface area contributed by atoms with Gasteiger partial charge in [0.25, 0.3) is 0 Å². The van der Waals surface area contributed by atoms with Crippen molar-refractivity contribution in [2.45, 2.75) is 51.8 Å². The first-order valence-corrected chi connectivity index (χ1v) is 6.97. The van der Waals surface area contributed by atoms with Gasteiger partial charge in [-0.25, -0.2) is 8.42 Å². The molecule has 0 aliphatic carbocycles. The Morgan fingerprint density at radius 3 is 1.84 bits per heavy atom. The SMILES string of the molecule is CC(C)[C@@H](NS(=O)(=O)C(F)(F)F)C(=O)OC(C)(C)C. The first kappa shape index (κ1) is 18.2. The summed E-state index contributed by atoms with van der Waals surface area (Å²) in [5.74, 6) is -1.73. The van der Waals surface area contributed by atoms with E-state index in [1.165, 1.54) is 39.3 Å². The van der Waals surface area contributed by atoms with Crippen molar-refractivity contribution >= 4 is 16.0 Å². The zero-order valence-electron chi connectivity index (χ0n) is 11.3. The molecule has 5 nitrogen and oxygen atoms in total. The quantitative estimate of drug-likeness (QED) is 0.804. The number of hydrogen-bond donors (Lipinski definition) is 1. The van der Waals surface area contributed by atoms with E-state index in [1.807, 2.05) is 0 Å². The minimum atomic E-state index is -5.59. The number of halogens is 3. The molecule has 0 aliphatic rings. The number of hydrogen-bond acceptors (Lipinski definition) is 4. The Balaban J connectivity index is 5.13. The Morgan fingerprint density at radius 1 is 1.16 bits per heavy atom. The van der Waals surface area contributed by atoms with Crippen molar-refractivity contribution in [1.29, 1.82) is 0 Å². The van der Waals surface area contributed by atoms with E-state index in [1.54, 1.807) is 0 Å². The highest BCUT2D eigenvalue weighted by Gasteiger charge is 2.48. The summed E-state index contributed by atoms with van der Waals surface area (Å²) in [7, 11) is -5.59. The number of nitrogens with one attached hydrogen (secondary N) is 1. The molecule has 0 saturated carbocycles. The predicted octanol–water partition coefficient (Wildman–Crippen LogP) is 1.79. The fraction of sp³-hybridized carbons (Fsp3) is 0.900. The molecule has 0 fully saturated rings. The molecule has 9 heteroatoms. The lowest BCUT2D eigenvalue weighted by molar-refractivity contribution is -0.158. The standard InChI is InChI=1S/C10H18F3NO4S/c1-6(2)7(8(15)18-9(3,4)5)14-19(16,17)10(11,12)13/h6-7,14H,1-5H3/t7-/m1/s1. The van der Waals surface area contributed by atoms with E-state index in [0.717, 1.165) is 0 Å². The third kappa shape index (κ3) is 5.77. The molecule has 0 spiro atoms. The van der Waals surface area contributed by atoms with Crippen molar-refractivity contribution in [2.24, 2.45) is 5.92 Å². The highest BCUT2D eigenvalue weighted by Crippen LogP contribution is 2.23. The van der Waals surface area contributed by atoms with Crippen LogP contribution in [0.5, 0.6) is 0 Å². The first-order chi connectivity index (χ1) is 8.17. The van der Waals surface area contributed by atoms with Crippen LogP contribution in [0.2, 0.25) is 0 Å². The maximum atomic E-state index is 12.3. The normalized spacial score (nSPS) is 15.4. The Bertz CT molecular complexity index is 423. The van der Waals surface area contributed by atoms with Crippen LogP contribution in [0.3, 0.4) is 0 Å². The highest BCUT2D eigenvalue weighted by molar-refractivity contribution is 7.90. The van der Waals surface area contributed by atoms with Gasteiger partial charge in [-0.15, -0.1) is 0 Å². The van der Waals surface area contributed by atoms with Crippen LogP contribution < -0.4 is 4.72 Å². The van der Waals surface area contributed by atoms with E-state index >= 15 is 0 Å². The molecule has 1 atom stereocenters. The second-order valence-corrected chi connectivity index (χ2v) is 7.03. The minimum absolute atomic E-state index is 0.688. The van der Waals surface area contributed by atoms with Crippen molar-refractivity contribution in [3.63, 3.8) is 0 Å². The molecule has 0 aromatic carbocycles. The summed E-state index contributed by atoms with van der Waals surface area (Å²) in [6.45, 7) is 7.41.